The van der Waals surface area contributed by atoms with E-state index < -0.39 is 17.4 Å². The van der Waals surface area contributed by atoms with E-state index in [1.807, 2.05) is 0 Å². The largest absolute Gasteiger partial charge is 0.443 e. The third kappa shape index (κ3) is 2.69. The SMILES string of the molecule is CC(C)(C)OC(=O)n1c(=O)n(CC2CO2)c2ncccc21. The summed E-state index contributed by atoms with van der Waals surface area (Å²) in [5.74, 6) is 0. The summed E-state index contributed by atoms with van der Waals surface area (Å²) < 4.78 is 12.9. The summed E-state index contributed by atoms with van der Waals surface area (Å²) in [4.78, 5) is 29.0. The van der Waals surface area contributed by atoms with Crippen LogP contribution in [0, 0.1) is 0 Å². The maximum absolute atomic E-state index is 12.5. The second-order valence-corrected chi connectivity index (χ2v) is 6.01. The van der Waals surface area contributed by atoms with Crippen LogP contribution in [0.2, 0.25) is 0 Å². The van der Waals surface area contributed by atoms with Crippen molar-refractivity contribution in [3.05, 3.63) is 28.8 Å². The average molecular weight is 291 g/mol. The number of epoxide rings is 1. The topological polar surface area (TPSA) is 78.6 Å². The van der Waals surface area contributed by atoms with Crippen LogP contribution in [0.25, 0.3) is 11.2 Å². The van der Waals surface area contributed by atoms with Crippen molar-refractivity contribution in [1.29, 1.82) is 0 Å². The van der Waals surface area contributed by atoms with E-state index in [2.05, 4.69) is 4.98 Å². The van der Waals surface area contributed by atoms with Crippen LogP contribution >= 0.6 is 0 Å². The first-order valence-corrected chi connectivity index (χ1v) is 6.78. The summed E-state index contributed by atoms with van der Waals surface area (Å²) in [5, 5.41) is 0. The van der Waals surface area contributed by atoms with E-state index in [1.165, 1.54) is 4.57 Å². The van der Waals surface area contributed by atoms with Gasteiger partial charge in [-0.15, -0.1) is 0 Å². The van der Waals surface area contributed by atoms with Crippen molar-refractivity contribution in [2.45, 2.75) is 39.0 Å². The zero-order valence-electron chi connectivity index (χ0n) is 12.2. The molecule has 21 heavy (non-hydrogen) atoms. The van der Waals surface area contributed by atoms with Crippen LogP contribution in [-0.2, 0) is 16.0 Å². The minimum absolute atomic E-state index is 0.0161. The van der Waals surface area contributed by atoms with Crippen LogP contribution in [0.15, 0.2) is 23.1 Å². The van der Waals surface area contributed by atoms with E-state index in [9.17, 15) is 9.59 Å². The molecule has 0 amide bonds. The van der Waals surface area contributed by atoms with Gasteiger partial charge in [0.05, 0.1) is 19.3 Å². The number of hydrogen-bond acceptors (Lipinski definition) is 5. The number of imidazole rings is 1. The Bertz CT molecular complexity index is 750. The van der Waals surface area contributed by atoms with Gasteiger partial charge in [-0.2, -0.15) is 4.57 Å². The molecule has 1 aliphatic rings. The highest BCUT2D eigenvalue weighted by Crippen LogP contribution is 2.17. The third-order valence-electron chi connectivity index (χ3n) is 3.05. The molecule has 0 radical (unpaired) electrons. The van der Waals surface area contributed by atoms with Crippen LogP contribution in [-0.4, -0.2) is 38.5 Å². The Balaban J connectivity index is 2.11. The Kier molecular flexibility index (Phi) is 3.09. The normalized spacial score (nSPS) is 18.0. The third-order valence-corrected chi connectivity index (χ3v) is 3.05. The molecular formula is C14H17N3O4. The molecule has 112 valence electrons. The van der Waals surface area contributed by atoms with Crippen molar-refractivity contribution in [1.82, 2.24) is 14.1 Å². The molecular weight excluding hydrogens is 274 g/mol. The molecule has 2 aromatic rings. The highest BCUT2D eigenvalue weighted by molar-refractivity contribution is 5.84. The van der Waals surface area contributed by atoms with Crippen molar-refractivity contribution in [3.8, 4) is 0 Å². The van der Waals surface area contributed by atoms with Crippen LogP contribution in [0.5, 0.6) is 0 Å². The zero-order chi connectivity index (χ0) is 15.2. The summed E-state index contributed by atoms with van der Waals surface area (Å²) in [6, 6.07) is 3.36. The molecule has 0 aliphatic carbocycles. The van der Waals surface area contributed by atoms with Crippen molar-refractivity contribution in [2.75, 3.05) is 6.61 Å². The van der Waals surface area contributed by atoms with Gasteiger partial charge in [0.2, 0.25) is 0 Å². The number of rotatable bonds is 2. The molecule has 0 bridgehead atoms. The maximum atomic E-state index is 12.5. The molecule has 1 unspecified atom stereocenters. The van der Waals surface area contributed by atoms with Crippen LogP contribution in [0.4, 0.5) is 4.79 Å². The molecule has 0 saturated carbocycles. The van der Waals surface area contributed by atoms with Gasteiger partial charge in [-0.1, -0.05) is 0 Å². The molecule has 3 heterocycles. The van der Waals surface area contributed by atoms with E-state index in [0.29, 0.717) is 24.3 Å². The summed E-state index contributed by atoms with van der Waals surface area (Å²) in [7, 11) is 0. The van der Waals surface area contributed by atoms with E-state index in [1.54, 1.807) is 39.1 Å². The molecule has 3 rings (SSSR count). The Morgan fingerprint density at radius 1 is 1.52 bits per heavy atom. The van der Waals surface area contributed by atoms with Gasteiger partial charge in [0.1, 0.15) is 11.1 Å². The van der Waals surface area contributed by atoms with Gasteiger partial charge in [-0.3, -0.25) is 4.57 Å². The number of aromatic nitrogens is 3. The smallest absolute Gasteiger partial charge is 0.423 e. The minimum Gasteiger partial charge on any atom is -0.443 e. The monoisotopic (exact) mass is 291 g/mol. The van der Waals surface area contributed by atoms with Gasteiger partial charge in [-0.05, 0) is 32.9 Å². The average Bonchev–Trinajstić information content (AvgIpc) is 3.14. The molecule has 7 nitrogen and oxygen atoms in total. The van der Waals surface area contributed by atoms with Crippen LogP contribution in [0.1, 0.15) is 20.8 Å². The molecule has 1 saturated heterocycles. The van der Waals surface area contributed by atoms with E-state index in [4.69, 9.17) is 9.47 Å². The van der Waals surface area contributed by atoms with Crippen LogP contribution in [0.3, 0.4) is 0 Å². The van der Waals surface area contributed by atoms with Crippen molar-refractivity contribution in [2.24, 2.45) is 0 Å². The highest BCUT2D eigenvalue weighted by Gasteiger charge is 2.29. The Labute approximate surface area is 121 Å². The lowest BCUT2D eigenvalue weighted by molar-refractivity contribution is 0.0537. The van der Waals surface area contributed by atoms with Gasteiger partial charge in [0.15, 0.2) is 5.65 Å². The second-order valence-electron chi connectivity index (χ2n) is 6.01. The molecule has 0 aromatic carbocycles. The summed E-state index contributed by atoms with van der Waals surface area (Å²) in [5.41, 5.74) is -0.220. The first-order valence-electron chi connectivity index (χ1n) is 6.78. The molecule has 0 spiro atoms. The van der Waals surface area contributed by atoms with Gasteiger partial charge in [0.25, 0.3) is 0 Å². The lowest BCUT2D eigenvalue weighted by Crippen LogP contribution is -2.35. The molecule has 1 fully saturated rings. The molecule has 1 aliphatic heterocycles. The second kappa shape index (κ2) is 4.70. The summed E-state index contributed by atoms with van der Waals surface area (Å²) >= 11 is 0. The van der Waals surface area contributed by atoms with Gasteiger partial charge in [0, 0.05) is 6.20 Å². The van der Waals surface area contributed by atoms with Gasteiger partial charge < -0.3 is 9.47 Å². The number of carbonyl (C=O) groups excluding carboxylic acids is 1. The maximum Gasteiger partial charge on any atom is 0.423 e. The lowest BCUT2D eigenvalue weighted by atomic mass is 10.2. The first kappa shape index (κ1) is 13.8. The first-order chi connectivity index (χ1) is 9.87. The van der Waals surface area contributed by atoms with Crippen molar-refractivity contribution >= 4 is 17.3 Å². The molecule has 1 atom stereocenters. The van der Waals surface area contributed by atoms with Crippen molar-refractivity contribution < 1.29 is 14.3 Å². The van der Waals surface area contributed by atoms with Crippen LogP contribution < -0.4 is 5.69 Å². The number of nitrogens with zero attached hydrogens (tertiary/aromatic N) is 3. The number of pyridine rings is 1. The van der Waals surface area contributed by atoms with Gasteiger partial charge >= 0.3 is 11.8 Å². The zero-order valence-corrected chi connectivity index (χ0v) is 12.2. The summed E-state index contributed by atoms with van der Waals surface area (Å²) in [6.07, 6.45) is 0.911. The number of ether oxygens (including phenoxy) is 2. The molecule has 7 heteroatoms. The van der Waals surface area contributed by atoms with Gasteiger partial charge in [-0.25, -0.2) is 14.6 Å². The number of hydrogen-bond donors (Lipinski definition) is 0. The fourth-order valence-corrected chi connectivity index (χ4v) is 2.11. The predicted octanol–water partition coefficient (Wildman–Crippen LogP) is 1.38. The molecule has 2 aromatic heterocycles. The van der Waals surface area contributed by atoms with E-state index in [-0.39, 0.29) is 6.10 Å². The Morgan fingerprint density at radius 2 is 2.24 bits per heavy atom. The van der Waals surface area contributed by atoms with E-state index in [0.717, 1.165) is 4.57 Å². The standard InChI is InChI=1S/C14H17N3O4/c1-14(2,3)21-13(19)17-10-5-4-6-15-11(10)16(12(17)18)7-9-8-20-9/h4-6,9H,7-8H2,1-3H3. The predicted molar refractivity (Wildman–Crippen MR) is 75.4 cm³/mol. The molecule has 0 N–H and O–H groups in total. The fraction of sp³-hybridized carbons (Fsp3) is 0.500. The number of fused-ring (bicyclic) bond motifs is 1. The quantitative estimate of drug-likeness (QED) is 0.781. The highest BCUT2D eigenvalue weighted by atomic mass is 16.6. The lowest BCUT2D eigenvalue weighted by Gasteiger charge is -2.19. The summed E-state index contributed by atoms with van der Waals surface area (Å²) in [6.45, 7) is 6.28. The fourth-order valence-electron chi connectivity index (χ4n) is 2.11. The Morgan fingerprint density at radius 3 is 2.86 bits per heavy atom. The number of carbonyl (C=O) groups is 1. The minimum atomic E-state index is -0.694. The Hall–Kier alpha value is -2.15. The van der Waals surface area contributed by atoms with E-state index >= 15 is 0 Å². The van der Waals surface area contributed by atoms with Crippen molar-refractivity contribution in [3.63, 3.8) is 0 Å².